The Balaban J connectivity index is 1.58. The van der Waals surface area contributed by atoms with Crippen LogP contribution in [-0.4, -0.2) is 26.5 Å². The van der Waals surface area contributed by atoms with Crippen molar-refractivity contribution in [1.82, 2.24) is 0 Å². The average Bonchev–Trinajstić information content (AvgIpc) is 3.09. The molecule has 0 amide bonds. The van der Waals surface area contributed by atoms with Crippen molar-refractivity contribution >= 4 is 27.7 Å². The topological polar surface area (TPSA) is 53.2 Å². The van der Waals surface area contributed by atoms with Gasteiger partial charge in [-0.15, -0.1) is 0 Å². The zero-order valence-electron chi connectivity index (χ0n) is 15.1. The van der Waals surface area contributed by atoms with E-state index < -0.39 is 0 Å². The van der Waals surface area contributed by atoms with Gasteiger partial charge in [0.2, 0.25) is 0 Å². The van der Waals surface area contributed by atoms with Crippen LogP contribution < -0.4 is 9.47 Å². The van der Waals surface area contributed by atoms with Gasteiger partial charge in [-0.2, -0.15) is 0 Å². The first-order valence-corrected chi connectivity index (χ1v) is 8.57. The van der Waals surface area contributed by atoms with Crippen molar-refractivity contribution in [3.8, 4) is 11.5 Å². The van der Waals surface area contributed by atoms with Crippen LogP contribution in [0.1, 0.15) is 5.56 Å². The summed E-state index contributed by atoms with van der Waals surface area (Å²) in [5, 5.41) is 6.19. The molecule has 0 aliphatic carbocycles. The minimum Gasteiger partial charge on any atom is -0.497 e. The van der Waals surface area contributed by atoms with Crippen LogP contribution in [0, 0.1) is 0 Å². The summed E-state index contributed by atoms with van der Waals surface area (Å²) in [4.78, 5) is 4.98. The Kier molecular flexibility index (Phi) is 4.66. The molecule has 0 atom stereocenters. The Hall–Kier alpha value is -3.47. The van der Waals surface area contributed by atoms with Crippen LogP contribution in [0.2, 0.25) is 0 Å². The van der Waals surface area contributed by atoms with Crippen molar-refractivity contribution in [1.29, 1.82) is 0 Å². The molecule has 0 spiro atoms. The number of para-hydroxylation sites is 1. The van der Waals surface area contributed by atoms with E-state index in [0.717, 1.165) is 39.0 Å². The zero-order valence-corrected chi connectivity index (χ0v) is 15.1. The lowest BCUT2D eigenvalue weighted by atomic mass is 10.1. The van der Waals surface area contributed by atoms with Crippen LogP contribution in [0.5, 0.6) is 11.5 Å². The summed E-state index contributed by atoms with van der Waals surface area (Å²) >= 11 is 0. The predicted octanol–water partition coefficient (Wildman–Crippen LogP) is 5.02. The number of rotatable bonds is 6. The van der Waals surface area contributed by atoms with Gasteiger partial charge in [0.05, 0.1) is 7.11 Å². The van der Waals surface area contributed by atoms with Gasteiger partial charge in [-0.3, -0.25) is 0 Å². The van der Waals surface area contributed by atoms with Gasteiger partial charge in [-0.05, 0) is 48.5 Å². The summed E-state index contributed by atoms with van der Waals surface area (Å²) in [7, 11) is 3.16. The number of nitrogens with zero attached hydrogens (tertiary/aromatic N) is 1. The number of ether oxygens (including phenoxy) is 2. The van der Waals surface area contributed by atoms with Crippen LogP contribution in [0.25, 0.3) is 21.9 Å². The van der Waals surface area contributed by atoms with Crippen LogP contribution in [0.4, 0.5) is 0 Å². The lowest BCUT2D eigenvalue weighted by Gasteiger charge is -2.09. The molecule has 27 heavy (non-hydrogen) atoms. The standard InChI is InChI=1S/C22H19NO4/c1-24-16-9-7-15(8-10-16)20(23-25-2)14-26-17-11-12-22-19(13-17)18-5-3-4-6-21(18)27-22/h3-13H,14H2,1-2H3/b23-20-. The van der Waals surface area contributed by atoms with E-state index in [0.29, 0.717) is 5.71 Å². The molecule has 4 aromatic rings. The molecular weight excluding hydrogens is 342 g/mol. The van der Waals surface area contributed by atoms with Crippen LogP contribution in [0.3, 0.4) is 0 Å². The Bertz CT molecular complexity index is 1100. The summed E-state index contributed by atoms with van der Waals surface area (Å²) in [6.07, 6.45) is 0. The minimum absolute atomic E-state index is 0.279. The van der Waals surface area contributed by atoms with Gasteiger partial charge in [-0.1, -0.05) is 23.4 Å². The van der Waals surface area contributed by atoms with E-state index in [1.165, 1.54) is 7.11 Å². The van der Waals surface area contributed by atoms with Crippen LogP contribution in [0.15, 0.2) is 76.3 Å². The predicted molar refractivity (Wildman–Crippen MR) is 106 cm³/mol. The number of hydrogen-bond donors (Lipinski definition) is 0. The summed E-state index contributed by atoms with van der Waals surface area (Å²) in [6.45, 7) is 0.279. The lowest BCUT2D eigenvalue weighted by Crippen LogP contribution is -2.13. The molecule has 0 bridgehead atoms. The number of methoxy groups -OCH3 is 1. The molecule has 0 unspecified atom stereocenters. The molecule has 0 saturated heterocycles. The Morgan fingerprint density at radius 1 is 0.852 bits per heavy atom. The molecule has 5 nitrogen and oxygen atoms in total. The van der Waals surface area contributed by atoms with Crippen molar-refractivity contribution in [2.45, 2.75) is 0 Å². The van der Waals surface area contributed by atoms with Gasteiger partial charge in [0.15, 0.2) is 0 Å². The highest BCUT2D eigenvalue weighted by Crippen LogP contribution is 2.31. The second-order valence-electron chi connectivity index (χ2n) is 5.99. The first kappa shape index (κ1) is 17.0. The number of fused-ring (bicyclic) bond motifs is 3. The second-order valence-corrected chi connectivity index (χ2v) is 5.99. The summed E-state index contributed by atoms with van der Waals surface area (Å²) < 4.78 is 17.0. The fraction of sp³-hybridized carbons (Fsp3) is 0.136. The minimum atomic E-state index is 0.279. The molecule has 0 aliphatic rings. The molecule has 0 N–H and O–H groups in total. The normalized spacial score (nSPS) is 11.7. The second kappa shape index (κ2) is 7.41. The van der Waals surface area contributed by atoms with Gasteiger partial charge >= 0.3 is 0 Å². The summed E-state index contributed by atoms with van der Waals surface area (Å²) in [5.41, 5.74) is 3.30. The van der Waals surface area contributed by atoms with E-state index in [9.17, 15) is 0 Å². The fourth-order valence-corrected chi connectivity index (χ4v) is 3.00. The van der Waals surface area contributed by atoms with Gasteiger partial charge < -0.3 is 18.7 Å². The molecule has 136 valence electrons. The highest BCUT2D eigenvalue weighted by molar-refractivity contribution is 6.05. The fourth-order valence-electron chi connectivity index (χ4n) is 3.00. The van der Waals surface area contributed by atoms with E-state index >= 15 is 0 Å². The lowest BCUT2D eigenvalue weighted by molar-refractivity contribution is 0.210. The molecule has 0 radical (unpaired) electrons. The van der Waals surface area contributed by atoms with Gasteiger partial charge in [0, 0.05) is 16.3 Å². The average molecular weight is 361 g/mol. The van der Waals surface area contributed by atoms with E-state index in [1.54, 1.807) is 7.11 Å². The van der Waals surface area contributed by atoms with Gasteiger partial charge in [0.25, 0.3) is 0 Å². The molecular formula is C22H19NO4. The Morgan fingerprint density at radius 2 is 1.59 bits per heavy atom. The Morgan fingerprint density at radius 3 is 2.37 bits per heavy atom. The van der Waals surface area contributed by atoms with Crippen LogP contribution in [-0.2, 0) is 4.84 Å². The first-order valence-electron chi connectivity index (χ1n) is 8.57. The van der Waals surface area contributed by atoms with E-state index in [4.69, 9.17) is 18.7 Å². The molecule has 4 rings (SSSR count). The first-order chi connectivity index (χ1) is 13.3. The maximum atomic E-state index is 5.97. The largest absolute Gasteiger partial charge is 0.497 e. The molecule has 0 aliphatic heterocycles. The van der Waals surface area contributed by atoms with Gasteiger partial charge in [0.1, 0.15) is 42.1 Å². The highest BCUT2D eigenvalue weighted by atomic mass is 16.6. The smallest absolute Gasteiger partial charge is 0.135 e. The van der Waals surface area contributed by atoms with Crippen molar-refractivity contribution < 1.29 is 18.7 Å². The summed E-state index contributed by atoms with van der Waals surface area (Å²) in [5.74, 6) is 1.53. The molecule has 1 heterocycles. The third kappa shape index (κ3) is 3.44. The third-order valence-corrected chi connectivity index (χ3v) is 4.35. The van der Waals surface area contributed by atoms with Crippen molar-refractivity contribution in [2.75, 3.05) is 20.8 Å². The number of furan rings is 1. The van der Waals surface area contributed by atoms with Crippen LogP contribution >= 0.6 is 0 Å². The summed E-state index contributed by atoms with van der Waals surface area (Å²) in [6, 6.07) is 21.4. The third-order valence-electron chi connectivity index (χ3n) is 4.35. The number of oxime groups is 1. The van der Waals surface area contributed by atoms with Crippen molar-refractivity contribution in [3.63, 3.8) is 0 Å². The zero-order chi connectivity index (χ0) is 18.6. The van der Waals surface area contributed by atoms with E-state index in [2.05, 4.69) is 5.16 Å². The molecule has 0 saturated carbocycles. The molecule has 5 heteroatoms. The quantitative estimate of drug-likeness (QED) is 0.357. The molecule has 1 aromatic heterocycles. The van der Waals surface area contributed by atoms with Gasteiger partial charge in [-0.25, -0.2) is 0 Å². The number of benzene rings is 3. The highest BCUT2D eigenvalue weighted by Gasteiger charge is 2.10. The monoisotopic (exact) mass is 361 g/mol. The molecule has 3 aromatic carbocycles. The van der Waals surface area contributed by atoms with Crippen molar-refractivity contribution in [2.24, 2.45) is 5.16 Å². The van der Waals surface area contributed by atoms with Crippen molar-refractivity contribution in [3.05, 3.63) is 72.3 Å². The maximum Gasteiger partial charge on any atom is 0.135 e. The van der Waals surface area contributed by atoms with E-state index in [1.807, 2.05) is 66.7 Å². The number of hydrogen-bond acceptors (Lipinski definition) is 5. The molecule has 0 fully saturated rings. The maximum absolute atomic E-state index is 5.97. The SMILES string of the molecule is CO/N=C(/COc1ccc2oc3ccccc3c2c1)c1ccc(OC)cc1. The Labute approximate surface area is 156 Å². The van der Waals surface area contributed by atoms with E-state index in [-0.39, 0.29) is 6.61 Å².